The monoisotopic (exact) mass is 476 g/mol. The summed E-state index contributed by atoms with van der Waals surface area (Å²) >= 11 is 13.6. The summed E-state index contributed by atoms with van der Waals surface area (Å²) in [6.45, 7) is 4.23. The second-order valence-corrected chi connectivity index (χ2v) is 9.30. The van der Waals surface area contributed by atoms with E-state index in [0.29, 0.717) is 32.8 Å². The zero-order chi connectivity index (χ0) is 22.0. The number of halogens is 2. The zero-order valence-corrected chi connectivity index (χ0v) is 19.5. The first-order valence-electron chi connectivity index (χ1n) is 9.92. The van der Waals surface area contributed by atoms with Gasteiger partial charge in [0, 0.05) is 11.1 Å². The summed E-state index contributed by atoms with van der Waals surface area (Å²) in [5, 5.41) is 13.3. The van der Waals surface area contributed by atoms with Crippen LogP contribution >= 0.6 is 35.0 Å². The Morgan fingerprint density at radius 2 is 2.00 bits per heavy atom. The molecule has 1 heterocycles. The van der Waals surface area contributed by atoms with Crippen LogP contribution in [0.15, 0.2) is 41.6 Å². The predicted octanol–water partition coefficient (Wildman–Crippen LogP) is 5.14. The smallest absolute Gasteiger partial charge is 0.230 e. The average Bonchev–Trinajstić information content (AvgIpc) is 3.45. The third kappa shape index (κ3) is 5.53. The second kappa shape index (κ2) is 9.51. The van der Waals surface area contributed by atoms with Crippen molar-refractivity contribution in [2.24, 2.45) is 0 Å². The SMILES string of the molecule is Cc1ccc(C)c(-n2c(COc3ccc(Cl)cc3Cl)nnc2SCC(=O)NC2CC2)c1. The van der Waals surface area contributed by atoms with Gasteiger partial charge < -0.3 is 10.1 Å². The summed E-state index contributed by atoms with van der Waals surface area (Å²) in [6.07, 6.45) is 2.12. The minimum absolute atomic E-state index is 0.00811. The first-order valence-corrected chi connectivity index (χ1v) is 11.7. The van der Waals surface area contributed by atoms with Crippen LogP contribution in [-0.2, 0) is 11.4 Å². The number of amides is 1. The fourth-order valence-electron chi connectivity index (χ4n) is 3.05. The summed E-state index contributed by atoms with van der Waals surface area (Å²) in [4.78, 5) is 12.2. The van der Waals surface area contributed by atoms with Gasteiger partial charge in [0.1, 0.15) is 12.4 Å². The molecule has 0 aliphatic heterocycles. The molecule has 1 aromatic heterocycles. The van der Waals surface area contributed by atoms with E-state index in [2.05, 4.69) is 33.7 Å². The Labute approximate surface area is 195 Å². The zero-order valence-electron chi connectivity index (χ0n) is 17.2. The van der Waals surface area contributed by atoms with Crippen LogP contribution in [0.5, 0.6) is 5.75 Å². The van der Waals surface area contributed by atoms with Gasteiger partial charge in [0.15, 0.2) is 11.0 Å². The van der Waals surface area contributed by atoms with E-state index in [0.717, 1.165) is 29.7 Å². The largest absolute Gasteiger partial charge is 0.484 e. The normalized spacial score (nSPS) is 13.3. The Hall–Kier alpha value is -2.22. The Morgan fingerprint density at radius 1 is 1.19 bits per heavy atom. The van der Waals surface area contributed by atoms with Crippen LogP contribution in [0.4, 0.5) is 0 Å². The summed E-state index contributed by atoms with van der Waals surface area (Å²) in [6, 6.07) is 11.6. The lowest BCUT2D eigenvalue weighted by Crippen LogP contribution is -2.27. The van der Waals surface area contributed by atoms with Crippen LogP contribution < -0.4 is 10.1 Å². The van der Waals surface area contributed by atoms with Gasteiger partial charge in [0.05, 0.1) is 16.5 Å². The van der Waals surface area contributed by atoms with E-state index >= 15 is 0 Å². The molecule has 1 saturated carbocycles. The van der Waals surface area contributed by atoms with E-state index in [-0.39, 0.29) is 18.3 Å². The Kier molecular flexibility index (Phi) is 6.74. The van der Waals surface area contributed by atoms with Gasteiger partial charge in [-0.2, -0.15) is 0 Å². The summed E-state index contributed by atoms with van der Waals surface area (Å²) < 4.78 is 7.85. The number of rotatable bonds is 8. The Balaban J connectivity index is 1.60. The van der Waals surface area contributed by atoms with E-state index in [9.17, 15) is 4.79 Å². The number of aromatic nitrogens is 3. The van der Waals surface area contributed by atoms with Gasteiger partial charge in [0.25, 0.3) is 0 Å². The molecule has 0 bridgehead atoms. The van der Waals surface area contributed by atoms with E-state index in [1.165, 1.54) is 11.8 Å². The Bertz CT molecular complexity index is 1110. The number of carbonyl (C=O) groups excluding carboxylic acids is 1. The maximum atomic E-state index is 12.2. The van der Waals surface area contributed by atoms with Crippen LogP contribution in [0, 0.1) is 13.8 Å². The lowest BCUT2D eigenvalue weighted by atomic mass is 10.1. The molecule has 0 radical (unpaired) electrons. The highest BCUT2D eigenvalue weighted by Gasteiger charge is 2.24. The number of carbonyl (C=O) groups is 1. The average molecular weight is 477 g/mol. The second-order valence-electron chi connectivity index (χ2n) is 7.52. The van der Waals surface area contributed by atoms with Gasteiger partial charge >= 0.3 is 0 Å². The van der Waals surface area contributed by atoms with Crippen molar-refractivity contribution in [2.75, 3.05) is 5.75 Å². The van der Waals surface area contributed by atoms with Gasteiger partial charge in [0.2, 0.25) is 5.91 Å². The lowest BCUT2D eigenvalue weighted by molar-refractivity contribution is -0.118. The molecule has 31 heavy (non-hydrogen) atoms. The molecule has 0 atom stereocenters. The molecule has 162 valence electrons. The first-order chi connectivity index (χ1) is 14.9. The van der Waals surface area contributed by atoms with Crippen molar-refractivity contribution in [3.05, 3.63) is 63.4 Å². The molecule has 3 aromatic rings. The summed E-state index contributed by atoms with van der Waals surface area (Å²) in [7, 11) is 0. The highest BCUT2D eigenvalue weighted by molar-refractivity contribution is 7.99. The van der Waals surface area contributed by atoms with E-state index in [1.54, 1.807) is 18.2 Å². The van der Waals surface area contributed by atoms with Gasteiger partial charge in [-0.15, -0.1) is 10.2 Å². The molecule has 1 fully saturated rings. The molecule has 9 heteroatoms. The van der Waals surface area contributed by atoms with Gasteiger partial charge in [-0.1, -0.05) is 47.1 Å². The maximum absolute atomic E-state index is 12.2. The lowest BCUT2D eigenvalue weighted by Gasteiger charge is -2.14. The highest BCUT2D eigenvalue weighted by Crippen LogP contribution is 2.30. The van der Waals surface area contributed by atoms with Gasteiger partial charge in [-0.05, 0) is 62.1 Å². The van der Waals surface area contributed by atoms with Crippen molar-refractivity contribution < 1.29 is 9.53 Å². The van der Waals surface area contributed by atoms with Crippen molar-refractivity contribution in [3.8, 4) is 11.4 Å². The van der Waals surface area contributed by atoms with E-state index < -0.39 is 0 Å². The summed E-state index contributed by atoms with van der Waals surface area (Å²) in [5.74, 6) is 1.42. The van der Waals surface area contributed by atoms with Crippen LogP contribution in [0.3, 0.4) is 0 Å². The molecule has 4 rings (SSSR count). The number of hydrogen-bond acceptors (Lipinski definition) is 5. The molecule has 0 spiro atoms. The van der Waals surface area contributed by atoms with Crippen LogP contribution in [0.2, 0.25) is 10.0 Å². The summed E-state index contributed by atoms with van der Waals surface area (Å²) in [5.41, 5.74) is 3.14. The van der Waals surface area contributed by atoms with Gasteiger partial charge in [-0.3, -0.25) is 9.36 Å². The van der Waals surface area contributed by atoms with Crippen molar-refractivity contribution >= 4 is 40.9 Å². The molecular formula is C22H22Cl2N4O2S. The fraction of sp³-hybridized carbons (Fsp3) is 0.318. The number of thioether (sulfide) groups is 1. The van der Waals surface area contributed by atoms with Crippen LogP contribution in [-0.4, -0.2) is 32.5 Å². The standard InChI is InChI=1S/C22H22Cl2N4O2S/c1-13-3-4-14(2)18(9-13)28-20(11-30-19-8-5-15(23)10-17(19)24)26-27-22(28)31-12-21(29)25-16-6-7-16/h3-5,8-10,16H,6-7,11-12H2,1-2H3,(H,25,29). The predicted molar refractivity (Wildman–Crippen MR) is 124 cm³/mol. The minimum atomic E-state index is 0.00811. The molecule has 1 aliphatic rings. The maximum Gasteiger partial charge on any atom is 0.230 e. The van der Waals surface area contributed by atoms with Crippen LogP contribution in [0.25, 0.3) is 5.69 Å². The molecular weight excluding hydrogens is 455 g/mol. The van der Waals surface area contributed by atoms with Crippen molar-refractivity contribution in [1.82, 2.24) is 20.1 Å². The topological polar surface area (TPSA) is 69.0 Å². The van der Waals surface area contributed by atoms with Crippen molar-refractivity contribution in [2.45, 2.75) is 44.5 Å². The third-order valence-corrected chi connectivity index (χ3v) is 6.29. The quantitative estimate of drug-likeness (QED) is 0.455. The van der Waals surface area contributed by atoms with Crippen molar-refractivity contribution in [1.29, 1.82) is 0 Å². The molecule has 1 aliphatic carbocycles. The molecule has 2 aromatic carbocycles. The third-order valence-electron chi connectivity index (χ3n) is 4.83. The van der Waals surface area contributed by atoms with Gasteiger partial charge in [-0.25, -0.2) is 0 Å². The number of aryl methyl sites for hydroxylation is 2. The molecule has 6 nitrogen and oxygen atoms in total. The number of benzene rings is 2. The molecule has 1 N–H and O–H groups in total. The minimum Gasteiger partial charge on any atom is -0.484 e. The number of hydrogen-bond donors (Lipinski definition) is 1. The van der Waals surface area contributed by atoms with Crippen LogP contribution in [0.1, 0.15) is 29.8 Å². The Morgan fingerprint density at radius 3 is 2.74 bits per heavy atom. The van der Waals surface area contributed by atoms with E-state index in [4.69, 9.17) is 27.9 Å². The number of ether oxygens (including phenoxy) is 1. The molecule has 0 unspecified atom stereocenters. The fourth-order valence-corrected chi connectivity index (χ4v) is 4.29. The number of nitrogens with one attached hydrogen (secondary N) is 1. The number of nitrogens with zero attached hydrogens (tertiary/aromatic N) is 3. The van der Waals surface area contributed by atoms with E-state index in [1.807, 2.05) is 18.4 Å². The van der Waals surface area contributed by atoms with Crippen molar-refractivity contribution in [3.63, 3.8) is 0 Å². The molecule has 1 amide bonds. The molecule has 0 saturated heterocycles. The first kappa shape index (κ1) is 22.0. The highest BCUT2D eigenvalue weighted by atomic mass is 35.5.